The number of carbonyl (C=O) groups is 3. The Kier molecular flexibility index (Phi) is 6.23. The molecule has 35 heavy (non-hydrogen) atoms. The number of benzene rings is 2. The van der Waals surface area contributed by atoms with Crippen molar-refractivity contribution in [2.45, 2.75) is 50.2 Å². The van der Waals surface area contributed by atoms with E-state index in [1.165, 1.54) is 4.90 Å². The van der Waals surface area contributed by atoms with Gasteiger partial charge < -0.3 is 25.2 Å². The Balaban J connectivity index is 1.17. The number of likely N-dealkylation sites (tertiary alicyclic amines) is 1. The molecule has 8 heteroatoms. The molecule has 0 radical (unpaired) electrons. The number of ether oxygens (including phenoxy) is 1. The average molecular weight is 479 g/mol. The predicted octanol–water partition coefficient (Wildman–Crippen LogP) is 3.13. The summed E-state index contributed by atoms with van der Waals surface area (Å²) in [5, 5.41) is 22.1. The summed E-state index contributed by atoms with van der Waals surface area (Å²) in [7, 11) is 0. The molecule has 2 fully saturated rings. The van der Waals surface area contributed by atoms with Crippen LogP contribution in [0.2, 0.25) is 0 Å². The lowest BCUT2D eigenvalue weighted by atomic mass is 9.66. The van der Waals surface area contributed by atoms with E-state index in [-0.39, 0.29) is 37.8 Å². The molecule has 2 atom stereocenters. The van der Waals surface area contributed by atoms with E-state index >= 15 is 0 Å². The van der Waals surface area contributed by atoms with E-state index in [0.717, 1.165) is 41.5 Å². The van der Waals surface area contributed by atoms with Gasteiger partial charge in [0, 0.05) is 31.8 Å². The number of aliphatic hydroxyl groups excluding tert-OH is 1. The molecule has 2 aliphatic carbocycles. The van der Waals surface area contributed by atoms with Gasteiger partial charge in [0.25, 0.3) is 0 Å². The summed E-state index contributed by atoms with van der Waals surface area (Å²) < 4.78 is 5.61. The van der Waals surface area contributed by atoms with E-state index < -0.39 is 29.6 Å². The molecule has 2 aromatic carbocycles. The smallest absolute Gasteiger partial charge is 0.407 e. The Morgan fingerprint density at radius 3 is 2.23 bits per heavy atom. The van der Waals surface area contributed by atoms with Crippen molar-refractivity contribution in [2.75, 3.05) is 19.7 Å². The minimum atomic E-state index is -1.10. The first kappa shape index (κ1) is 23.4. The van der Waals surface area contributed by atoms with Crippen LogP contribution >= 0.6 is 0 Å². The van der Waals surface area contributed by atoms with E-state index in [2.05, 4.69) is 29.6 Å². The third-order valence-corrected chi connectivity index (χ3v) is 7.78. The lowest BCUT2D eigenvalue weighted by molar-refractivity contribution is -0.149. The normalized spacial score (nSPS) is 22.1. The second-order valence-electron chi connectivity index (χ2n) is 10.00. The van der Waals surface area contributed by atoms with Crippen LogP contribution in [0.15, 0.2) is 48.5 Å². The maximum Gasteiger partial charge on any atom is 0.407 e. The number of nitrogens with zero attached hydrogens (tertiary/aromatic N) is 1. The van der Waals surface area contributed by atoms with Crippen molar-refractivity contribution in [2.24, 2.45) is 5.41 Å². The highest BCUT2D eigenvalue weighted by Gasteiger charge is 2.44. The lowest BCUT2D eigenvalue weighted by Gasteiger charge is -2.42. The van der Waals surface area contributed by atoms with Crippen LogP contribution in [0, 0.1) is 5.41 Å². The van der Waals surface area contributed by atoms with Gasteiger partial charge in [-0.1, -0.05) is 55.0 Å². The maximum atomic E-state index is 12.9. The minimum absolute atomic E-state index is 0.0260. The van der Waals surface area contributed by atoms with Crippen LogP contribution < -0.4 is 5.32 Å². The summed E-state index contributed by atoms with van der Waals surface area (Å²) in [6.07, 6.45) is 1.35. The van der Waals surface area contributed by atoms with Gasteiger partial charge in [-0.25, -0.2) is 9.59 Å². The monoisotopic (exact) mass is 478 g/mol. The quantitative estimate of drug-likeness (QED) is 0.563. The number of carboxylic acids is 1. The molecular weight excluding hydrogens is 448 g/mol. The Bertz CT molecular complexity index is 1100. The van der Waals surface area contributed by atoms with Crippen molar-refractivity contribution in [3.05, 3.63) is 59.7 Å². The van der Waals surface area contributed by atoms with Gasteiger partial charge in [0.1, 0.15) is 12.6 Å². The third kappa shape index (κ3) is 4.50. The number of fused-ring (bicyclic) bond motifs is 3. The zero-order valence-corrected chi connectivity index (χ0v) is 19.5. The van der Waals surface area contributed by atoms with Gasteiger partial charge in [0.05, 0.1) is 6.10 Å². The SMILES string of the molecule is O=C(NCC1(CC(=O)N2CC(O)CC2C(=O)O)CCC1)OCC1c2ccccc2-c2ccccc21. The van der Waals surface area contributed by atoms with Crippen LogP contribution in [0.4, 0.5) is 4.79 Å². The molecule has 3 N–H and O–H groups in total. The zero-order chi connectivity index (χ0) is 24.6. The highest BCUT2D eigenvalue weighted by Crippen LogP contribution is 2.45. The average Bonchev–Trinajstić information content (AvgIpc) is 3.38. The van der Waals surface area contributed by atoms with Crippen LogP contribution in [0.5, 0.6) is 0 Å². The number of aliphatic hydroxyl groups is 1. The van der Waals surface area contributed by atoms with Crippen molar-refractivity contribution < 1.29 is 29.3 Å². The third-order valence-electron chi connectivity index (χ3n) is 7.78. The summed E-state index contributed by atoms with van der Waals surface area (Å²) in [4.78, 5) is 38.2. The number of alkyl carbamates (subject to hydrolysis) is 1. The fraction of sp³-hybridized carbons (Fsp3) is 0.444. The minimum Gasteiger partial charge on any atom is -0.480 e. The van der Waals surface area contributed by atoms with Gasteiger partial charge in [-0.3, -0.25) is 4.79 Å². The summed E-state index contributed by atoms with van der Waals surface area (Å²) in [5.74, 6) is -1.42. The predicted molar refractivity (Wildman–Crippen MR) is 128 cm³/mol. The molecule has 1 heterocycles. The number of hydrogen-bond acceptors (Lipinski definition) is 5. The molecule has 1 aliphatic heterocycles. The van der Waals surface area contributed by atoms with Gasteiger partial charge >= 0.3 is 12.1 Å². The van der Waals surface area contributed by atoms with Crippen LogP contribution in [-0.4, -0.2) is 64.9 Å². The second kappa shape index (κ2) is 9.34. The number of nitrogens with one attached hydrogen (secondary N) is 1. The van der Waals surface area contributed by atoms with Crippen LogP contribution in [0.1, 0.15) is 49.1 Å². The summed E-state index contributed by atoms with van der Waals surface area (Å²) >= 11 is 0. The maximum absolute atomic E-state index is 12.9. The Hall–Kier alpha value is -3.39. The molecule has 0 spiro atoms. The highest BCUT2D eigenvalue weighted by molar-refractivity contribution is 5.85. The first-order valence-corrected chi connectivity index (χ1v) is 12.2. The molecule has 8 nitrogen and oxygen atoms in total. The number of rotatable bonds is 7. The Morgan fingerprint density at radius 1 is 1.03 bits per heavy atom. The molecule has 1 saturated carbocycles. The second-order valence-corrected chi connectivity index (χ2v) is 10.00. The molecular formula is C27H30N2O6. The molecule has 5 rings (SSSR count). The van der Waals surface area contributed by atoms with Gasteiger partial charge in [-0.15, -0.1) is 0 Å². The Morgan fingerprint density at radius 2 is 1.66 bits per heavy atom. The summed E-state index contributed by atoms with van der Waals surface area (Å²) in [5.41, 5.74) is 4.21. The summed E-state index contributed by atoms with van der Waals surface area (Å²) in [6, 6.07) is 15.3. The van der Waals surface area contributed by atoms with Crippen molar-refractivity contribution in [1.29, 1.82) is 0 Å². The molecule has 2 unspecified atom stereocenters. The van der Waals surface area contributed by atoms with E-state index in [1.54, 1.807) is 0 Å². The van der Waals surface area contributed by atoms with Crippen molar-refractivity contribution >= 4 is 18.0 Å². The molecule has 184 valence electrons. The van der Waals surface area contributed by atoms with E-state index in [9.17, 15) is 24.6 Å². The fourth-order valence-corrected chi connectivity index (χ4v) is 5.75. The molecule has 2 amide bonds. The van der Waals surface area contributed by atoms with Crippen molar-refractivity contribution in [3.63, 3.8) is 0 Å². The zero-order valence-electron chi connectivity index (χ0n) is 19.5. The Labute approximate surface area is 203 Å². The summed E-state index contributed by atoms with van der Waals surface area (Å²) in [6.45, 7) is 0.549. The molecule has 1 saturated heterocycles. The van der Waals surface area contributed by atoms with Crippen molar-refractivity contribution in [3.8, 4) is 11.1 Å². The number of hydrogen-bond donors (Lipinski definition) is 3. The van der Waals surface area contributed by atoms with Crippen LogP contribution in [0.3, 0.4) is 0 Å². The first-order chi connectivity index (χ1) is 16.9. The van der Waals surface area contributed by atoms with Crippen LogP contribution in [-0.2, 0) is 14.3 Å². The molecule has 0 aromatic heterocycles. The van der Waals surface area contributed by atoms with E-state index in [1.807, 2.05) is 24.3 Å². The van der Waals surface area contributed by atoms with Crippen LogP contribution in [0.25, 0.3) is 11.1 Å². The number of β-amino-alcohol motifs (C(OH)–C–C–N with tert-alkyl or cyclic N) is 1. The van der Waals surface area contributed by atoms with E-state index in [0.29, 0.717) is 6.54 Å². The fourth-order valence-electron chi connectivity index (χ4n) is 5.75. The lowest BCUT2D eigenvalue weighted by Crippen LogP contribution is -2.48. The van der Waals surface area contributed by atoms with Gasteiger partial charge in [0.2, 0.25) is 5.91 Å². The standard InChI is InChI=1S/C27H30N2O6/c30-17-12-23(25(32)33)29(14-17)24(31)13-27(10-5-11-27)16-28-26(34)35-15-22-20-8-3-1-6-18(20)19-7-2-4-9-21(19)22/h1-4,6-9,17,22-23,30H,5,10-16H2,(H,28,34)(H,32,33). The van der Waals surface area contributed by atoms with Gasteiger partial charge in [-0.2, -0.15) is 0 Å². The number of carbonyl (C=O) groups excluding carboxylic acids is 2. The first-order valence-electron chi connectivity index (χ1n) is 12.2. The number of amides is 2. The number of aliphatic carboxylic acids is 1. The highest BCUT2D eigenvalue weighted by atomic mass is 16.5. The van der Waals surface area contributed by atoms with E-state index in [4.69, 9.17) is 4.74 Å². The topological polar surface area (TPSA) is 116 Å². The van der Waals surface area contributed by atoms with Gasteiger partial charge in [0.15, 0.2) is 0 Å². The number of carboxylic acid groups (broad SMARTS) is 1. The molecule has 0 bridgehead atoms. The largest absolute Gasteiger partial charge is 0.480 e. The van der Waals surface area contributed by atoms with Gasteiger partial charge in [-0.05, 0) is 40.5 Å². The van der Waals surface area contributed by atoms with Crippen molar-refractivity contribution in [1.82, 2.24) is 10.2 Å². The molecule has 3 aliphatic rings. The molecule has 2 aromatic rings.